The van der Waals surface area contributed by atoms with E-state index in [0.29, 0.717) is 24.5 Å². The molecule has 0 N–H and O–H groups in total. The molecule has 82 valence electrons. The molecule has 0 bridgehead atoms. The van der Waals surface area contributed by atoms with E-state index >= 15 is 0 Å². The molecule has 0 fully saturated rings. The van der Waals surface area contributed by atoms with Crippen molar-refractivity contribution in [1.29, 1.82) is 0 Å². The van der Waals surface area contributed by atoms with Crippen LogP contribution >= 0.6 is 11.6 Å². The van der Waals surface area contributed by atoms with Crippen LogP contribution in [0.15, 0.2) is 30.3 Å². The Morgan fingerprint density at radius 1 is 1.40 bits per heavy atom. The summed E-state index contributed by atoms with van der Waals surface area (Å²) in [7, 11) is 0. The fraction of sp³-hybridized carbons (Fsp3) is 0.417. The molecule has 0 aliphatic heterocycles. The van der Waals surface area contributed by atoms with E-state index in [0.717, 1.165) is 0 Å². The molecule has 0 amide bonds. The summed E-state index contributed by atoms with van der Waals surface area (Å²) in [6.07, 6.45) is 0.172. The van der Waals surface area contributed by atoms with E-state index in [1.807, 2.05) is 25.1 Å². The topological polar surface area (TPSA) is 26.3 Å². The number of hydrogen-bond acceptors (Lipinski definition) is 2. The second kappa shape index (κ2) is 6.59. The molecule has 1 aromatic rings. The van der Waals surface area contributed by atoms with Gasteiger partial charge in [0.2, 0.25) is 0 Å². The van der Waals surface area contributed by atoms with Crippen LogP contribution in [-0.2, 0) is 4.74 Å². The normalized spacial score (nSPS) is 12.4. The van der Waals surface area contributed by atoms with Crippen molar-refractivity contribution in [2.75, 3.05) is 12.5 Å². The van der Waals surface area contributed by atoms with Gasteiger partial charge in [-0.3, -0.25) is 4.79 Å². The van der Waals surface area contributed by atoms with Gasteiger partial charge in [0.15, 0.2) is 5.78 Å². The lowest BCUT2D eigenvalue weighted by atomic mass is 10.1. The molecule has 0 saturated heterocycles. The molecule has 0 heterocycles. The SMILES string of the molecule is CCOC(CCl)CC(=O)c1ccccc1. The van der Waals surface area contributed by atoms with Crippen LogP contribution in [0.25, 0.3) is 0 Å². The molecular formula is C12H15ClO2. The number of Topliss-reactive ketones (excluding diaryl/α,β-unsaturated/α-hetero) is 1. The zero-order valence-corrected chi connectivity index (χ0v) is 9.54. The lowest BCUT2D eigenvalue weighted by Crippen LogP contribution is -2.19. The molecule has 0 aromatic heterocycles. The third kappa shape index (κ3) is 4.02. The number of halogens is 1. The summed E-state index contributed by atoms with van der Waals surface area (Å²) < 4.78 is 5.33. The van der Waals surface area contributed by atoms with Crippen LogP contribution in [-0.4, -0.2) is 24.4 Å². The molecule has 0 saturated carbocycles. The first-order chi connectivity index (χ1) is 7.27. The number of ether oxygens (including phenoxy) is 1. The Balaban J connectivity index is 2.55. The van der Waals surface area contributed by atoms with Gasteiger partial charge in [-0.15, -0.1) is 11.6 Å². The zero-order chi connectivity index (χ0) is 11.1. The number of hydrogen-bond donors (Lipinski definition) is 0. The predicted molar refractivity (Wildman–Crippen MR) is 61.5 cm³/mol. The highest BCUT2D eigenvalue weighted by atomic mass is 35.5. The summed E-state index contributed by atoms with van der Waals surface area (Å²) in [6, 6.07) is 9.20. The van der Waals surface area contributed by atoms with Crippen LogP contribution in [0.4, 0.5) is 0 Å². The van der Waals surface area contributed by atoms with Crippen LogP contribution in [0.5, 0.6) is 0 Å². The minimum Gasteiger partial charge on any atom is -0.377 e. The van der Waals surface area contributed by atoms with Crippen molar-refractivity contribution >= 4 is 17.4 Å². The number of carbonyl (C=O) groups excluding carboxylic acids is 1. The van der Waals surface area contributed by atoms with Gasteiger partial charge in [-0.2, -0.15) is 0 Å². The number of ketones is 1. The third-order valence-electron chi connectivity index (χ3n) is 2.08. The lowest BCUT2D eigenvalue weighted by Gasteiger charge is -2.12. The van der Waals surface area contributed by atoms with E-state index in [9.17, 15) is 4.79 Å². The largest absolute Gasteiger partial charge is 0.377 e. The fourth-order valence-electron chi connectivity index (χ4n) is 1.34. The molecular weight excluding hydrogens is 212 g/mol. The average Bonchev–Trinajstić information content (AvgIpc) is 2.29. The number of carbonyl (C=O) groups is 1. The highest BCUT2D eigenvalue weighted by Gasteiger charge is 2.13. The monoisotopic (exact) mass is 226 g/mol. The Hall–Kier alpha value is -0.860. The van der Waals surface area contributed by atoms with Gasteiger partial charge in [0.25, 0.3) is 0 Å². The Kier molecular flexibility index (Phi) is 5.37. The van der Waals surface area contributed by atoms with E-state index < -0.39 is 0 Å². The predicted octanol–water partition coefficient (Wildman–Crippen LogP) is 2.90. The van der Waals surface area contributed by atoms with Crippen molar-refractivity contribution in [3.8, 4) is 0 Å². The average molecular weight is 227 g/mol. The molecule has 1 aromatic carbocycles. The maximum atomic E-state index is 11.8. The second-order valence-electron chi connectivity index (χ2n) is 3.22. The number of alkyl halides is 1. The smallest absolute Gasteiger partial charge is 0.165 e. The van der Waals surface area contributed by atoms with E-state index in [-0.39, 0.29) is 11.9 Å². The fourth-order valence-corrected chi connectivity index (χ4v) is 1.54. The molecule has 3 heteroatoms. The minimum atomic E-state index is -0.177. The molecule has 0 spiro atoms. The second-order valence-corrected chi connectivity index (χ2v) is 3.53. The Bertz CT molecular complexity index is 298. The molecule has 0 radical (unpaired) electrons. The van der Waals surface area contributed by atoms with Crippen LogP contribution in [0, 0.1) is 0 Å². The van der Waals surface area contributed by atoms with Crippen molar-refractivity contribution in [2.24, 2.45) is 0 Å². The number of rotatable bonds is 6. The third-order valence-corrected chi connectivity index (χ3v) is 2.43. The quantitative estimate of drug-likeness (QED) is 0.551. The Morgan fingerprint density at radius 2 is 2.07 bits per heavy atom. The van der Waals surface area contributed by atoms with Crippen LogP contribution in [0.2, 0.25) is 0 Å². The summed E-state index contributed by atoms with van der Waals surface area (Å²) in [6.45, 7) is 2.48. The van der Waals surface area contributed by atoms with Crippen LogP contribution in [0.1, 0.15) is 23.7 Å². The zero-order valence-electron chi connectivity index (χ0n) is 8.78. The van der Waals surface area contributed by atoms with E-state index in [1.165, 1.54) is 0 Å². The van der Waals surface area contributed by atoms with Gasteiger partial charge in [-0.1, -0.05) is 30.3 Å². The van der Waals surface area contributed by atoms with E-state index in [2.05, 4.69) is 0 Å². The molecule has 1 unspecified atom stereocenters. The van der Waals surface area contributed by atoms with Crippen LogP contribution < -0.4 is 0 Å². The van der Waals surface area contributed by atoms with Gasteiger partial charge in [0.05, 0.1) is 6.10 Å². The van der Waals surface area contributed by atoms with Crippen molar-refractivity contribution in [3.63, 3.8) is 0 Å². The Labute approximate surface area is 95.2 Å². The first-order valence-electron chi connectivity index (χ1n) is 5.03. The first kappa shape index (κ1) is 12.2. The summed E-state index contributed by atoms with van der Waals surface area (Å²) in [5.74, 6) is 0.432. The summed E-state index contributed by atoms with van der Waals surface area (Å²) in [4.78, 5) is 11.8. The maximum absolute atomic E-state index is 11.8. The highest BCUT2D eigenvalue weighted by Crippen LogP contribution is 2.09. The van der Waals surface area contributed by atoms with Crippen molar-refractivity contribution in [3.05, 3.63) is 35.9 Å². The van der Waals surface area contributed by atoms with E-state index in [4.69, 9.17) is 16.3 Å². The summed E-state index contributed by atoms with van der Waals surface area (Å²) in [5.41, 5.74) is 0.715. The van der Waals surface area contributed by atoms with Gasteiger partial charge in [-0.25, -0.2) is 0 Å². The molecule has 15 heavy (non-hydrogen) atoms. The van der Waals surface area contributed by atoms with Gasteiger partial charge in [-0.05, 0) is 6.92 Å². The van der Waals surface area contributed by atoms with Gasteiger partial charge in [0.1, 0.15) is 0 Å². The van der Waals surface area contributed by atoms with Crippen LogP contribution in [0.3, 0.4) is 0 Å². The first-order valence-corrected chi connectivity index (χ1v) is 5.57. The van der Waals surface area contributed by atoms with E-state index in [1.54, 1.807) is 12.1 Å². The summed E-state index contributed by atoms with van der Waals surface area (Å²) >= 11 is 5.70. The molecule has 1 rings (SSSR count). The molecule has 0 aliphatic carbocycles. The minimum absolute atomic E-state index is 0.0784. The standard InChI is InChI=1S/C12H15ClO2/c1-2-15-11(9-13)8-12(14)10-6-4-3-5-7-10/h3-7,11H,2,8-9H2,1H3. The van der Waals surface area contributed by atoms with Gasteiger partial charge in [0, 0.05) is 24.5 Å². The molecule has 1 atom stereocenters. The van der Waals surface area contributed by atoms with Crippen molar-refractivity contribution in [1.82, 2.24) is 0 Å². The van der Waals surface area contributed by atoms with Crippen molar-refractivity contribution < 1.29 is 9.53 Å². The van der Waals surface area contributed by atoms with Gasteiger partial charge >= 0.3 is 0 Å². The van der Waals surface area contributed by atoms with Crippen molar-refractivity contribution in [2.45, 2.75) is 19.4 Å². The molecule has 0 aliphatic rings. The maximum Gasteiger partial charge on any atom is 0.165 e. The van der Waals surface area contributed by atoms with Gasteiger partial charge < -0.3 is 4.74 Å². The summed E-state index contributed by atoms with van der Waals surface area (Å²) in [5, 5.41) is 0. The molecule has 2 nitrogen and oxygen atoms in total. The number of benzene rings is 1. The Morgan fingerprint density at radius 3 is 2.60 bits per heavy atom. The highest BCUT2D eigenvalue weighted by molar-refractivity contribution is 6.18. The lowest BCUT2D eigenvalue weighted by molar-refractivity contribution is 0.0624.